The van der Waals surface area contributed by atoms with Gasteiger partial charge in [-0.05, 0) is 30.3 Å². The van der Waals surface area contributed by atoms with Gasteiger partial charge in [-0.1, -0.05) is 0 Å². The van der Waals surface area contributed by atoms with Gasteiger partial charge in [-0.15, -0.1) is 11.3 Å². The molecule has 0 aliphatic rings. The predicted molar refractivity (Wildman–Crippen MR) is 73.2 cm³/mol. The number of halogens is 1. The van der Waals surface area contributed by atoms with E-state index in [1.54, 1.807) is 10.9 Å². The van der Waals surface area contributed by atoms with Gasteiger partial charge >= 0.3 is 0 Å². The Balaban J connectivity index is 1.84. The van der Waals surface area contributed by atoms with E-state index in [9.17, 15) is 14.0 Å². The van der Waals surface area contributed by atoms with Crippen LogP contribution in [0.5, 0.6) is 0 Å². The molecule has 1 heterocycles. The van der Waals surface area contributed by atoms with Crippen LogP contribution in [0.3, 0.4) is 0 Å². The monoisotopic (exact) mass is 291 g/mol. The lowest BCUT2D eigenvalue weighted by atomic mass is 10.2. The summed E-state index contributed by atoms with van der Waals surface area (Å²) in [4.78, 5) is 27.0. The summed E-state index contributed by atoms with van der Waals surface area (Å²) in [6, 6.07) is 4.97. The molecule has 102 valence electrons. The fraction of sp³-hybridized carbons (Fsp3) is 0. The summed E-state index contributed by atoms with van der Waals surface area (Å²) < 4.78 is 12.7. The molecule has 0 spiro atoms. The number of nitrogens with zero attached hydrogens (tertiary/aromatic N) is 1. The highest BCUT2D eigenvalue weighted by molar-refractivity contribution is 7.07. The fourth-order valence-corrected chi connectivity index (χ4v) is 1.82. The van der Waals surface area contributed by atoms with Crippen molar-refractivity contribution in [3.63, 3.8) is 0 Å². The van der Waals surface area contributed by atoms with Crippen molar-refractivity contribution in [2.45, 2.75) is 0 Å². The van der Waals surface area contributed by atoms with Crippen molar-refractivity contribution < 1.29 is 14.0 Å². The molecule has 0 aliphatic heterocycles. The smallest absolute Gasteiger partial charge is 0.268 e. The van der Waals surface area contributed by atoms with Crippen molar-refractivity contribution in [2.24, 2.45) is 0 Å². The lowest BCUT2D eigenvalue weighted by Gasteiger charge is -2.04. The van der Waals surface area contributed by atoms with Crippen molar-refractivity contribution in [1.29, 1.82) is 0 Å². The highest BCUT2D eigenvalue weighted by Crippen LogP contribution is 2.03. The summed E-state index contributed by atoms with van der Waals surface area (Å²) in [5.41, 5.74) is 6.99. The Morgan fingerprint density at radius 3 is 2.60 bits per heavy atom. The van der Waals surface area contributed by atoms with Gasteiger partial charge in [0.1, 0.15) is 5.82 Å². The van der Waals surface area contributed by atoms with Gasteiger partial charge < -0.3 is 0 Å². The van der Waals surface area contributed by atoms with Gasteiger partial charge in [0.05, 0.1) is 11.2 Å². The molecule has 1 aromatic heterocycles. The molecule has 0 saturated carbocycles. The van der Waals surface area contributed by atoms with E-state index in [1.165, 1.54) is 47.8 Å². The van der Waals surface area contributed by atoms with Crippen LogP contribution < -0.4 is 10.9 Å². The molecule has 2 rings (SSSR count). The zero-order chi connectivity index (χ0) is 14.4. The first-order chi connectivity index (χ1) is 9.65. The van der Waals surface area contributed by atoms with Crippen molar-refractivity contribution in [2.75, 3.05) is 0 Å². The lowest BCUT2D eigenvalue weighted by molar-refractivity contribution is -0.117. The number of hydrazine groups is 1. The van der Waals surface area contributed by atoms with Crippen LogP contribution in [0.25, 0.3) is 6.08 Å². The normalized spacial score (nSPS) is 10.4. The number of benzene rings is 1. The second-order valence-electron chi connectivity index (χ2n) is 3.70. The molecule has 20 heavy (non-hydrogen) atoms. The van der Waals surface area contributed by atoms with Crippen LogP contribution in [0.4, 0.5) is 4.39 Å². The van der Waals surface area contributed by atoms with Crippen molar-refractivity contribution in [1.82, 2.24) is 15.8 Å². The summed E-state index contributed by atoms with van der Waals surface area (Å²) in [7, 11) is 0. The van der Waals surface area contributed by atoms with Gasteiger partial charge in [0.25, 0.3) is 11.8 Å². The van der Waals surface area contributed by atoms with Gasteiger partial charge in [-0.3, -0.25) is 20.4 Å². The van der Waals surface area contributed by atoms with Gasteiger partial charge in [0.2, 0.25) is 0 Å². The van der Waals surface area contributed by atoms with Gasteiger partial charge in [0.15, 0.2) is 0 Å². The molecule has 0 atom stereocenters. The Morgan fingerprint density at radius 1 is 1.20 bits per heavy atom. The van der Waals surface area contributed by atoms with E-state index >= 15 is 0 Å². The summed E-state index contributed by atoms with van der Waals surface area (Å²) in [6.07, 6.45) is 2.77. The summed E-state index contributed by atoms with van der Waals surface area (Å²) in [5.74, 6) is -1.45. The van der Waals surface area contributed by atoms with Crippen LogP contribution in [-0.2, 0) is 4.79 Å². The van der Waals surface area contributed by atoms with Gasteiger partial charge in [-0.25, -0.2) is 9.37 Å². The Labute approximate surface area is 118 Å². The molecule has 2 N–H and O–H groups in total. The number of rotatable bonds is 3. The molecular formula is C13H10FN3O2S. The average Bonchev–Trinajstić information content (AvgIpc) is 2.96. The summed E-state index contributed by atoms with van der Waals surface area (Å²) in [6.45, 7) is 0. The third-order valence-electron chi connectivity index (χ3n) is 2.26. The number of nitrogens with one attached hydrogen (secondary N) is 2. The molecule has 2 amide bonds. The molecule has 0 unspecified atom stereocenters. The highest BCUT2D eigenvalue weighted by atomic mass is 32.1. The van der Waals surface area contributed by atoms with Crippen molar-refractivity contribution in [3.05, 3.63) is 58.3 Å². The maximum absolute atomic E-state index is 12.7. The van der Waals surface area contributed by atoms with Crippen LogP contribution in [0.15, 0.2) is 41.2 Å². The van der Waals surface area contributed by atoms with Crippen LogP contribution in [0, 0.1) is 5.82 Å². The predicted octanol–water partition coefficient (Wildman–Crippen LogP) is 1.76. The first kappa shape index (κ1) is 13.9. The van der Waals surface area contributed by atoms with E-state index in [2.05, 4.69) is 15.8 Å². The molecule has 7 heteroatoms. The van der Waals surface area contributed by atoms with Crippen LogP contribution in [0.2, 0.25) is 0 Å². The quantitative estimate of drug-likeness (QED) is 0.668. The number of thiazole rings is 1. The largest absolute Gasteiger partial charge is 0.269 e. The average molecular weight is 291 g/mol. The van der Waals surface area contributed by atoms with E-state index in [-0.39, 0.29) is 5.56 Å². The lowest BCUT2D eigenvalue weighted by Crippen LogP contribution is -2.40. The maximum Gasteiger partial charge on any atom is 0.269 e. The van der Waals surface area contributed by atoms with E-state index in [4.69, 9.17) is 0 Å². The SMILES string of the molecule is O=C(/C=C/c1cscn1)NNC(=O)c1ccc(F)cc1. The summed E-state index contributed by atoms with van der Waals surface area (Å²) >= 11 is 1.41. The van der Waals surface area contributed by atoms with E-state index < -0.39 is 17.6 Å². The number of aromatic nitrogens is 1. The zero-order valence-corrected chi connectivity index (χ0v) is 11.0. The highest BCUT2D eigenvalue weighted by Gasteiger charge is 2.05. The summed E-state index contributed by atoms with van der Waals surface area (Å²) in [5, 5.41) is 1.78. The topological polar surface area (TPSA) is 71.1 Å². The molecule has 5 nitrogen and oxygen atoms in total. The number of carbonyl (C=O) groups is 2. The van der Waals surface area contributed by atoms with E-state index in [1.807, 2.05) is 0 Å². The molecule has 1 aromatic carbocycles. The minimum atomic E-state index is -0.527. The fourth-order valence-electron chi connectivity index (χ4n) is 1.30. The molecule has 0 radical (unpaired) electrons. The van der Waals surface area contributed by atoms with E-state index in [0.29, 0.717) is 5.69 Å². The minimum absolute atomic E-state index is 0.246. The molecule has 2 aromatic rings. The second-order valence-corrected chi connectivity index (χ2v) is 4.42. The number of hydrogen-bond acceptors (Lipinski definition) is 4. The number of hydrogen-bond donors (Lipinski definition) is 2. The molecule has 0 bridgehead atoms. The minimum Gasteiger partial charge on any atom is -0.268 e. The Morgan fingerprint density at radius 2 is 1.95 bits per heavy atom. The Bertz CT molecular complexity index is 624. The van der Waals surface area contributed by atoms with Gasteiger partial charge in [-0.2, -0.15) is 0 Å². The maximum atomic E-state index is 12.7. The zero-order valence-electron chi connectivity index (χ0n) is 10.2. The van der Waals surface area contributed by atoms with E-state index in [0.717, 1.165) is 0 Å². The first-order valence-electron chi connectivity index (χ1n) is 5.57. The van der Waals surface area contributed by atoms with Crippen LogP contribution in [-0.4, -0.2) is 16.8 Å². The number of amides is 2. The first-order valence-corrected chi connectivity index (χ1v) is 6.51. The molecule has 0 fully saturated rings. The Hall–Kier alpha value is -2.54. The van der Waals surface area contributed by atoms with Crippen LogP contribution >= 0.6 is 11.3 Å². The third kappa shape index (κ3) is 3.99. The standard InChI is InChI=1S/C13H10FN3O2S/c14-10-3-1-9(2-4-10)13(19)17-16-12(18)6-5-11-7-20-8-15-11/h1-8H,(H,16,18)(H,17,19)/b6-5+. The Kier molecular flexibility index (Phi) is 4.56. The molecular weight excluding hydrogens is 281 g/mol. The number of carbonyl (C=O) groups excluding carboxylic acids is 2. The molecule has 0 saturated heterocycles. The van der Waals surface area contributed by atoms with Crippen molar-refractivity contribution in [3.8, 4) is 0 Å². The van der Waals surface area contributed by atoms with Crippen molar-refractivity contribution >= 4 is 29.2 Å². The van der Waals surface area contributed by atoms with Gasteiger partial charge in [0, 0.05) is 17.0 Å². The second kappa shape index (κ2) is 6.58. The van der Waals surface area contributed by atoms with Crippen LogP contribution in [0.1, 0.15) is 16.1 Å². The molecule has 0 aliphatic carbocycles. The third-order valence-corrected chi connectivity index (χ3v) is 2.87.